The summed E-state index contributed by atoms with van der Waals surface area (Å²) in [6.45, 7) is 5.44. The summed E-state index contributed by atoms with van der Waals surface area (Å²) in [4.78, 5) is 0. The van der Waals surface area contributed by atoms with E-state index in [1.54, 1.807) is 0 Å². The van der Waals surface area contributed by atoms with Crippen molar-refractivity contribution in [2.24, 2.45) is 11.8 Å². The van der Waals surface area contributed by atoms with Crippen LogP contribution in [0.15, 0.2) is 0 Å². The zero-order valence-electron chi connectivity index (χ0n) is 7.17. The van der Waals surface area contributed by atoms with E-state index >= 15 is 0 Å². The van der Waals surface area contributed by atoms with Crippen LogP contribution in [-0.4, -0.2) is 29.1 Å². The molecule has 0 saturated carbocycles. The molecule has 0 spiro atoms. The van der Waals surface area contributed by atoms with Gasteiger partial charge in [-0.25, -0.2) is 0 Å². The van der Waals surface area contributed by atoms with E-state index in [0.29, 0.717) is 25.4 Å². The van der Waals surface area contributed by atoms with Crippen LogP contribution in [0.3, 0.4) is 0 Å². The zero-order valence-corrected chi connectivity index (χ0v) is 7.17. The lowest BCUT2D eigenvalue weighted by Gasteiger charge is -2.38. The van der Waals surface area contributed by atoms with Gasteiger partial charge in [-0.3, -0.25) is 0 Å². The van der Waals surface area contributed by atoms with Gasteiger partial charge in [-0.2, -0.15) is 0 Å². The molecular formula is C8H17NO2. The minimum atomic E-state index is -1.45. The van der Waals surface area contributed by atoms with Crippen molar-refractivity contribution in [1.29, 1.82) is 0 Å². The van der Waals surface area contributed by atoms with Gasteiger partial charge in [0.05, 0.1) is 0 Å². The highest BCUT2D eigenvalue weighted by molar-refractivity contribution is 4.84. The number of hydrogen-bond acceptors (Lipinski definition) is 3. The monoisotopic (exact) mass is 159 g/mol. The smallest absolute Gasteiger partial charge is 0.168 e. The molecule has 0 amide bonds. The number of nitrogens with one attached hydrogen (secondary N) is 1. The number of hydrogen-bond donors (Lipinski definition) is 3. The van der Waals surface area contributed by atoms with Gasteiger partial charge in [0.25, 0.3) is 0 Å². The molecule has 0 aromatic heterocycles. The lowest BCUT2D eigenvalue weighted by molar-refractivity contribution is -0.221. The Kier molecular flexibility index (Phi) is 2.52. The van der Waals surface area contributed by atoms with Crippen LogP contribution < -0.4 is 5.32 Å². The largest absolute Gasteiger partial charge is 0.365 e. The van der Waals surface area contributed by atoms with Crippen LogP contribution >= 0.6 is 0 Å². The first-order valence-corrected chi connectivity index (χ1v) is 4.19. The highest BCUT2D eigenvalue weighted by Crippen LogP contribution is 2.27. The highest BCUT2D eigenvalue weighted by atomic mass is 16.5. The van der Waals surface area contributed by atoms with Crippen molar-refractivity contribution >= 4 is 0 Å². The van der Waals surface area contributed by atoms with Crippen LogP contribution in [0, 0.1) is 11.8 Å². The summed E-state index contributed by atoms with van der Waals surface area (Å²) in [7, 11) is 0. The Morgan fingerprint density at radius 3 is 2.45 bits per heavy atom. The molecule has 3 N–H and O–H groups in total. The second-order valence-corrected chi connectivity index (χ2v) is 3.68. The molecule has 0 radical (unpaired) electrons. The maximum atomic E-state index is 9.52. The van der Waals surface area contributed by atoms with Gasteiger partial charge in [-0.05, 0) is 5.92 Å². The molecule has 0 aliphatic carbocycles. The average molecular weight is 159 g/mol. The quantitative estimate of drug-likeness (QED) is 0.469. The third-order valence-corrected chi connectivity index (χ3v) is 2.43. The predicted octanol–water partition coefficient (Wildman–Crippen LogP) is -0.0672. The van der Waals surface area contributed by atoms with Crippen molar-refractivity contribution < 1.29 is 10.2 Å². The maximum absolute atomic E-state index is 9.52. The summed E-state index contributed by atoms with van der Waals surface area (Å²) < 4.78 is 0. The number of piperidine rings is 1. The minimum absolute atomic E-state index is 0.0313. The van der Waals surface area contributed by atoms with Gasteiger partial charge in [0.15, 0.2) is 5.79 Å². The van der Waals surface area contributed by atoms with Crippen molar-refractivity contribution in [2.45, 2.75) is 26.1 Å². The fourth-order valence-corrected chi connectivity index (χ4v) is 1.65. The van der Waals surface area contributed by atoms with Crippen molar-refractivity contribution in [3.63, 3.8) is 0 Å². The third-order valence-electron chi connectivity index (χ3n) is 2.43. The highest BCUT2D eigenvalue weighted by Gasteiger charge is 2.38. The normalized spacial score (nSPS) is 30.8. The molecule has 1 saturated heterocycles. The molecule has 1 atom stereocenters. The standard InChI is InChI=1S/C8H17NO2/c1-6(2)7-5-9-4-3-8(7,10)11/h6-7,9-11H,3-5H2,1-2H3. The molecule has 1 rings (SSSR count). The fraction of sp³-hybridized carbons (Fsp3) is 1.00. The van der Waals surface area contributed by atoms with Crippen molar-refractivity contribution in [3.05, 3.63) is 0 Å². The van der Waals surface area contributed by atoms with Gasteiger partial charge in [0.1, 0.15) is 0 Å². The number of aliphatic hydroxyl groups is 2. The van der Waals surface area contributed by atoms with Crippen LogP contribution in [0.5, 0.6) is 0 Å². The Morgan fingerprint density at radius 2 is 2.09 bits per heavy atom. The molecule has 1 unspecified atom stereocenters. The molecule has 0 aromatic carbocycles. The first kappa shape index (κ1) is 8.97. The van der Waals surface area contributed by atoms with Gasteiger partial charge < -0.3 is 15.5 Å². The maximum Gasteiger partial charge on any atom is 0.168 e. The summed E-state index contributed by atoms with van der Waals surface area (Å²) in [5, 5.41) is 22.2. The Morgan fingerprint density at radius 1 is 1.45 bits per heavy atom. The number of rotatable bonds is 1. The first-order valence-electron chi connectivity index (χ1n) is 4.19. The third kappa shape index (κ3) is 1.92. The molecule has 1 heterocycles. The van der Waals surface area contributed by atoms with Crippen LogP contribution in [0.4, 0.5) is 0 Å². The Bertz CT molecular complexity index is 134. The van der Waals surface area contributed by atoms with E-state index in [1.165, 1.54) is 0 Å². The molecule has 3 heteroatoms. The average Bonchev–Trinajstić information content (AvgIpc) is 1.85. The lowest BCUT2D eigenvalue weighted by Crippen LogP contribution is -2.52. The summed E-state index contributed by atoms with van der Waals surface area (Å²) in [6, 6.07) is 0. The molecule has 1 aliphatic heterocycles. The van der Waals surface area contributed by atoms with Crippen molar-refractivity contribution in [3.8, 4) is 0 Å². The van der Waals surface area contributed by atoms with E-state index in [-0.39, 0.29) is 5.92 Å². The zero-order chi connectivity index (χ0) is 8.48. The van der Waals surface area contributed by atoms with Gasteiger partial charge in [0, 0.05) is 25.4 Å². The molecule has 66 valence electrons. The van der Waals surface area contributed by atoms with E-state index in [2.05, 4.69) is 5.32 Å². The fourth-order valence-electron chi connectivity index (χ4n) is 1.65. The SMILES string of the molecule is CC(C)C1CNCCC1(O)O. The second kappa shape index (κ2) is 3.09. The van der Waals surface area contributed by atoms with E-state index in [1.807, 2.05) is 13.8 Å². The Balaban J connectivity index is 2.60. The minimum Gasteiger partial charge on any atom is -0.365 e. The van der Waals surface area contributed by atoms with Gasteiger partial charge in [-0.1, -0.05) is 13.8 Å². The molecule has 0 aromatic rings. The molecular weight excluding hydrogens is 142 g/mol. The lowest BCUT2D eigenvalue weighted by atomic mass is 9.83. The molecule has 1 aliphatic rings. The Hall–Kier alpha value is -0.120. The topological polar surface area (TPSA) is 52.5 Å². The molecule has 1 fully saturated rings. The van der Waals surface area contributed by atoms with Crippen LogP contribution in [-0.2, 0) is 0 Å². The van der Waals surface area contributed by atoms with Crippen LogP contribution in [0.1, 0.15) is 20.3 Å². The van der Waals surface area contributed by atoms with Gasteiger partial charge in [0.2, 0.25) is 0 Å². The van der Waals surface area contributed by atoms with Crippen molar-refractivity contribution in [1.82, 2.24) is 5.32 Å². The van der Waals surface area contributed by atoms with E-state index in [9.17, 15) is 10.2 Å². The Labute approximate surface area is 67.4 Å². The van der Waals surface area contributed by atoms with Crippen LogP contribution in [0.25, 0.3) is 0 Å². The van der Waals surface area contributed by atoms with E-state index in [4.69, 9.17) is 0 Å². The van der Waals surface area contributed by atoms with Gasteiger partial charge in [-0.15, -0.1) is 0 Å². The summed E-state index contributed by atoms with van der Waals surface area (Å²) in [6.07, 6.45) is 0.440. The van der Waals surface area contributed by atoms with E-state index < -0.39 is 5.79 Å². The summed E-state index contributed by atoms with van der Waals surface area (Å²) in [5.74, 6) is -1.16. The predicted molar refractivity (Wildman–Crippen MR) is 43.0 cm³/mol. The first-order chi connectivity index (χ1) is 5.04. The van der Waals surface area contributed by atoms with E-state index in [0.717, 1.165) is 0 Å². The second-order valence-electron chi connectivity index (χ2n) is 3.68. The molecule has 0 bridgehead atoms. The summed E-state index contributed by atoms with van der Waals surface area (Å²) in [5.41, 5.74) is 0. The van der Waals surface area contributed by atoms with Crippen molar-refractivity contribution in [2.75, 3.05) is 13.1 Å². The molecule has 3 nitrogen and oxygen atoms in total. The summed E-state index contributed by atoms with van der Waals surface area (Å²) >= 11 is 0. The van der Waals surface area contributed by atoms with Gasteiger partial charge >= 0.3 is 0 Å². The molecule has 11 heavy (non-hydrogen) atoms. The van der Waals surface area contributed by atoms with Crippen LogP contribution in [0.2, 0.25) is 0 Å².